The van der Waals surface area contributed by atoms with Gasteiger partial charge in [0.15, 0.2) is 0 Å². The van der Waals surface area contributed by atoms with Gasteiger partial charge in [-0.3, -0.25) is 0 Å². The molecule has 19 heavy (non-hydrogen) atoms. The van der Waals surface area contributed by atoms with Crippen LogP contribution in [-0.4, -0.2) is 9.97 Å². The molecule has 0 atom stereocenters. The van der Waals surface area contributed by atoms with Crippen molar-refractivity contribution in [1.29, 1.82) is 0 Å². The van der Waals surface area contributed by atoms with Crippen molar-refractivity contribution in [2.45, 2.75) is 31.5 Å². The summed E-state index contributed by atoms with van der Waals surface area (Å²) in [6, 6.07) is 6.56. The maximum atomic E-state index is 13.1. The molecule has 0 saturated carbocycles. The number of benzene rings is 1. The molecule has 0 aliphatic rings. The fraction of sp³-hybridized carbons (Fsp3) is 0.333. The van der Waals surface area contributed by atoms with Crippen LogP contribution in [0.1, 0.15) is 42.4 Å². The van der Waals surface area contributed by atoms with Crippen LogP contribution < -0.4 is 0 Å². The lowest BCUT2D eigenvalue weighted by atomic mass is 10.1. The molecule has 2 rings (SSSR count). The third-order valence-electron chi connectivity index (χ3n) is 2.89. The molecule has 0 fully saturated rings. The van der Waals surface area contributed by atoms with Gasteiger partial charge in [0.1, 0.15) is 11.6 Å². The maximum Gasteiger partial charge on any atom is 0.132 e. The van der Waals surface area contributed by atoms with Crippen LogP contribution in [0.15, 0.2) is 30.5 Å². The number of halogens is 2. The van der Waals surface area contributed by atoms with Crippen LogP contribution in [0.2, 0.25) is 0 Å². The van der Waals surface area contributed by atoms with E-state index < -0.39 is 0 Å². The Labute approximate surface area is 121 Å². The molecule has 1 heterocycles. The highest BCUT2D eigenvalue weighted by molar-refractivity contribution is 9.08. The molecule has 2 aromatic rings. The third-order valence-corrected chi connectivity index (χ3v) is 3.49. The van der Waals surface area contributed by atoms with E-state index in [0.29, 0.717) is 12.3 Å². The quantitative estimate of drug-likeness (QED) is 0.787. The average Bonchev–Trinajstić information content (AvgIpc) is 2.38. The van der Waals surface area contributed by atoms with Crippen molar-refractivity contribution in [2.24, 2.45) is 0 Å². The molecule has 1 aromatic heterocycles. The van der Waals surface area contributed by atoms with Crippen LogP contribution in [0.3, 0.4) is 0 Å². The largest absolute Gasteiger partial charge is 0.241 e. The monoisotopic (exact) mass is 322 g/mol. The first kappa shape index (κ1) is 14.1. The summed E-state index contributed by atoms with van der Waals surface area (Å²) < 4.78 is 13.1. The van der Waals surface area contributed by atoms with Crippen molar-refractivity contribution in [3.8, 4) is 0 Å². The number of aromatic nitrogens is 2. The Morgan fingerprint density at radius 1 is 1.32 bits per heavy atom. The van der Waals surface area contributed by atoms with E-state index in [9.17, 15) is 4.39 Å². The van der Waals surface area contributed by atoms with Crippen LogP contribution >= 0.6 is 15.9 Å². The number of hydrogen-bond acceptors (Lipinski definition) is 2. The molecule has 0 amide bonds. The SMILES string of the molecule is CC(C)c1nc(Cc2cccc(F)c2)ncc1CBr. The minimum Gasteiger partial charge on any atom is -0.241 e. The molecule has 0 unspecified atom stereocenters. The molecule has 0 bridgehead atoms. The zero-order valence-corrected chi connectivity index (χ0v) is 12.6. The first-order chi connectivity index (χ1) is 9.10. The van der Waals surface area contributed by atoms with Gasteiger partial charge in [-0.1, -0.05) is 41.9 Å². The van der Waals surface area contributed by atoms with Gasteiger partial charge in [-0.05, 0) is 23.6 Å². The smallest absolute Gasteiger partial charge is 0.132 e. The van der Waals surface area contributed by atoms with Gasteiger partial charge in [-0.25, -0.2) is 14.4 Å². The second kappa shape index (κ2) is 6.24. The second-order valence-electron chi connectivity index (χ2n) is 4.79. The molecule has 2 nitrogen and oxygen atoms in total. The van der Waals surface area contributed by atoms with E-state index in [2.05, 4.69) is 39.7 Å². The Morgan fingerprint density at radius 2 is 2.11 bits per heavy atom. The molecule has 0 saturated heterocycles. The summed E-state index contributed by atoms with van der Waals surface area (Å²) in [7, 11) is 0. The molecule has 0 aliphatic carbocycles. The summed E-state index contributed by atoms with van der Waals surface area (Å²) in [6.07, 6.45) is 2.41. The lowest BCUT2D eigenvalue weighted by Gasteiger charge is -2.11. The van der Waals surface area contributed by atoms with Gasteiger partial charge in [0.2, 0.25) is 0 Å². The van der Waals surface area contributed by atoms with Gasteiger partial charge in [-0.15, -0.1) is 0 Å². The minimum atomic E-state index is -0.223. The van der Waals surface area contributed by atoms with E-state index in [1.165, 1.54) is 12.1 Å². The standard InChI is InChI=1S/C15H16BrFN2/c1-10(2)15-12(8-16)9-18-14(19-15)7-11-4-3-5-13(17)6-11/h3-6,9-10H,7-8H2,1-2H3. The highest BCUT2D eigenvalue weighted by atomic mass is 79.9. The predicted octanol–water partition coefficient (Wildman–Crippen LogP) is 4.22. The van der Waals surface area contributed by atoms with Crippen LogP contribution in [0.25, 0.3) is 0 Å². The minimum absolute atomic E-state index is 0.223. The second-order valence-corrected chi connectivity index (χ2v) is 5.35. The molecule has 0 aliphatic heterocycles. The van der Waals surface area contributed by atoms with Gasteiger partial charge in [0.25, 0.3) is 0 Å². The average molecular weight is 323 g/mol. The first-order valence-electron chi connectivity index (χ1n) is 6.25. The summed E-state index contributed by atoms with van der Waals surface area (Å²) in [6.45, 7) is 4.22. The fourth-order valence-electron chi connectivity index (χ4n) is 1.98. The molecular formula is C15H16BrFN2. The van der Waals surface area contributed by atoms with Gasteiger partial charge in [-0.2, -0.15) is 0 Å². The Bertz CT molecular complexity index is 570. The lowest BCUT2D eigenvalue weighted by molar-refractivity contribution is 0.625. The number of nitrogens with zero attached hydrogens (tertiary/aromatic N) is 2. The normalized spacial score (nSPS) is 11.0. The van der Waals surface area contributed by atoms with Gasteiger partial charge in [0, 0.05) is 23.5 Å². The summed E-state index contributed by atoms with van der Waals surface area (Å²) in [4.78, 5) is 8.96. The van der Waals surface area contributed by atoms with E-state index in [4.69, 9.17) is 0 Å². The Hall–Kier alpha value is -1.29. The highest BCUT2D eigenvalue weighted by Gasteiger charge is 2.10. The fourth-order valence-corrected chi connectivity index (χ4v) is 2.41. The van der Waals surface area contributed by atoms with E-state index in [1.54, 1.807) is 6.07 Å². The molecule has 0 N–H and O–H groups in total. The first-order valence-corrected chi connectivity index (χ1v) is 7.37. The van der Waals surface area contributed by atoms with Crippen LogP contribution in [0.5, 0.6) is 0 Å². The van der Waals surface area contributed by atoms with Crippen molar-refractivity contribution < 1.29 is 4.39 Å². The Balaban J connectivity index is 2.28. The van der Waals surface area contributed by atoms with E-state index in [0.717, 1.165) is 28.0 Å². The summed E-state index contributed by atoms with van der Waals surface area (Å²) in [5, 5.41) is 0.751. The molecule has 4 heteroatoms. The van der Waals surface area contributed by atoms with Crippen molar-refractivity contribution in [2.75, 3.05) is 0 Å². The van der Waals surface area contributed by atoms with Crippen molar-refractivity contribution in [3.63, 3.8) is 0 Å². The highest BCUT2D eigenvalue weighted by Crippen LogP contribution is 2.19. The predicted molar refractivity (Wildman–Crippen MR) is 78.0 cm³/mol. The Morgan fingerprint density at radius 3 is 2.74 bits per heavy atom. The zero-order chi connectivity index (χ0) is 13.8. The molecule has 0 spiro atoms. The number of hydrogen-bond donors (Lipinski definition) is 0. The maximum absolute atomic E-state index is 13.1. The summed E-state index contributed by atoms with van der Waals surface area (Å²) >= 11 is 3.45. The molecule has 1 aromatic carbocycles. The van der Waals surface area contributed by atoms with Crippen LogP contribution in [0, 0.1) is 5.82 Å². The Kier molecular flexibility index (Phi) is 4.64. The third kappa shape index (κ3) is 3.60. The lowest BCUT2D eigenvalue weighted by Crippen LogP contribution is -2.05. The van der Waals surface area contributed by atoms with E-state index in [1.807, 2.05) is 12.3 Å². The van der Waals surface area contributed by atoms with Crippen molar-refractivity contribution >= 4 is 15.9 Å². The van der Waals surface area contributed by atoms with Crippen LogP contribution in [-0.2, 0) is 11.8 Å². The van der Waals surface area contributed by atoms with Crippen LogP contribution in [0.4, 0.5) is 4.39 Å². The van der Waals surface area contributed by atoms with Gasteiger partial charge >= 0.3 is 0 Å². The van der Waals surface area contributed by atoms with E-state index >= 15 is 0 Å². The van der Waals surface area contributed by atoms with Crippen molar-refractivity contribution in [1.82, 2.24) is 9.97 Å². The van der Waals surface area contributed by atoms with Gasteiger partial charge in [0.05, 0.1) is 5.69 Å². The zero-order valence-electron chi connectivity index (χ0n) is 11.0. The molecular weight excluding hydrogens is 307 g/mol. The van der Waals surface area contributed by atoms with Gasteiger partial charge < -0.3 is 0 Å². The topological polar surface area (TPSA) is 25.8 Å². The number of rotatable bonds is 4. The summed E-state index contributed by atoms with van der Waals surface area (Å²) in [5.41, 5.74) is 3.05. The molecule has 0 radical (unpaired) electrons. The molecule has 100 valence electrons. The number of alkyl halides is 1. The summed E-state index contributed by atoms with van der Waals surface area (Å²) in [5.74, 6) is 0.861. The van der Waals surface area contributed by atoms with E-state index in [-0.39, 0.29) is 5.82 Å². The van der Waals surface area contributed by atoms with Crippen molar-refractivity contribution in [3.05, 3.63) is 58.9 Å².